The van der Waals surface area contributed by atoms with E-state index in [-0.39, 0.29) is 24.0 Å². The van der Waals surface area contributed by atoms with Gasteiger partial charge in [-0.2, -0.15) is 0 Å². The van der Waals surface area contributed by atoms with Gasteiger partial charge in [-0.15, -0.1) is 24.0 Å². The van der Waals surface area contributed by atoms with Crippen LogP contribution in [0.2, 0.25) is 0 Å². The van der Waals surface area contributed by atoms with Crippen LogP contribution >= 0.6 is 24.0 Å². The molecular formula is C16H26IN3O. The average Bonchev–Trinajstić information content (AvgIpc) is 2.75. The van der Waals surface area contributed by atoms with Gasteiger partial charge in [0.25, 0.3) is 0 Å². The number of nitrogens with two attached hydrogens (primary N) is 1. The quantitative estimate of drug-likeness (QED) is 0.476. The Labute approximate surface area is 144 Å². The molecule has 0 aliphatic carbocycles. The first-order chi connectivity index (χ1) is 9.79. The van der Waals surface area contributed by atoms with Gasteiger partial charge in [0, 0.05) is 13.1 Å². The summed E-state index contributed by atoms with van der Waals surface area (Å²) in [6, 6.07) is 8.05. The predicted molar refractivity (Wildman–Crippen MR) is 98.4 cm³/mol. The summed E-state index contributed by atoms with van der Waals surface area (Å²) >= 11 is 0. The molecule has 0 unspecified atom stereocenters. The Hall–Kier alpha value is -0.980. The Morgan fingerprint density at radius 3 is 2.62 bits per heavy atom. The van der Waals surface area contributed by atoms with Crippen LogP contribution in [0.3, 0.4) is 0 Å². The molecule has 118 valence electrons. The molecule has 1 aliphatic rings. The molecule has 0 radical (unpaired) electrons. The van der Waals surface area contributed by atoms with Gasteiger partial charge in [-0.25, -0.2) is 4.99 Å². The van der Waals surface area contributed by atoms with Crippen LogP contribution in [0.4, 0.5) is 0 Å². The van der Waals surface area contributed by atoms with Gasteiger partial charge in [-0.1, -0.05) is 25.0 Å². The molecule has 1 heterocycles. The van der Waals surface area contributed by atoms with E-state index in [2.05, 4.69) is 16.0 Å². The summed E-state index contributed by atoms with van der Waals surface area (Å²) in [7, 11) is 0. The van der Waals surface area contributed by atoms with Gasteiger partial charge < -0.3 is 15.4 Å². The van der Waals surface area contributed by atoms with Crippen LogP contribution in [0.25, 0.3) is 0 Å². The number of ether oxygens (including phenoxy) is 1. The zero-order valence-electron chi connectivity index (χ0n) is 12.8. The molecule has 21 heavy (non-hydrogen) atoms. The number of guanidine groups is 1. The predicted octanol–water partition coefficient (Wildman–Crippen LogP) is 3.39. The van der Waals surface area contributed by atoms with Crippen LogP contribution in [0.1, 0.15) is 38.2 Å². The van der Waals surface area contributed by atoms with Gasteiger partial charge in [-0.3, -0.25) is 0 Å². The summed E-state index contributed by atoms with van der Waals surface area (Å²) < 4.78 is 5.50. The maximum Gasteiger partial charge on any atom is 0.191 e. The molecule has 1 fully saturated rings. The third kappa shape index (κ3) is 6.11. The summed E-state index contributed by atoms with van der Waals surface area (Å²) in [5.74, 6) is 1.57. The van der Waals surface area contributed by atoms with E-state index in [0.29, 0.717) is 19.1 Å². The highest BCUT2D eigenvalue weighted by Crippen LogP contribution is 2.14. The van der Waals surface area contributed by atoms with E-state index < -0.39 is 0 Å². The summed E-state index contributed by atoms with van der Waals surface area (Å²) in [6.07, 6.45) is 5.05. The first-order valence-electron chi connectivity index (χ1n) is 7.56. The van der Waals surface area contributed by atoms with Gasteiger partial charge in [0.1, 0.15) is 5.75 Å². The minimum Gasteiger partial charge on any atom is -0.494 e. The van der Waals surface area contributed by atoms with E-state index in [1.54, 1.807) is 0 Å². The van der Waals surface area contributed by atoms with Crippen molar-refractivity contribution in [1.29, 1.82) is 0 Å². The van der Waals surface area contributed by atoms with Crippen molar-refractivity contribution >= 4 is 29.9 Å². The molecule has 4 nitrogen and oxygen atoms in total. The molecule has 1 aromatic rings. The number of rotatable bonds is 4. The number of hydrogen-bond donors (Lipinski definition) is 1. The first-order valence-corrected chi connectivity index (χ1v) is 7.56. The van der Waals surface area contributed by atoms with Gasteiger partial charge in [0.2, 0.25) is 0 Å². The van der Waals surface area contributed by atoms with E-state index in [4.69, 9.17) is 10.5 Å². The fourth-order valence-electron chi connectivity index (χ4n) is 2.47. The topological polar surface area (TPSA) is 50.9 Å². The van der Waals surface area contributed by atoms with Crippen LogP contribution in [0.15, 0.2) is 29.3 Å². The first kappa shape index (κ1) is 18.1. The van der Waals surface area contributed by atoms with Crippen LogP contribution in [-0.2, 0) is 6.54 Å². The monoisotopic (exact) mass is 403 g/mol. The van der Waals surface area contributed by atoms with Crippen LogP contribution in [0, 0.1) is 0 Å². The highest BCUT2D eigenvalue weighted by molar-refractivity contribution is 14.0. The number of benzene rings is 1. The molecule has 1 aliphatic heterocycles. The highest BCUT2D eigenvalue weighted by Gasteiger charge is 2.10. The molecule has 2 N–H and O–H groups in total. The van der Waals surface area contributed by atoms with Crippen molar-refractivity contribution in [2.75, 3.05) is 19.7 Å². The van der Waals surface area contributed by atoms with Gasteiger partial charge in [-0.05, 0) is 37.5 Å². The zero-order valence-corrected chi connectivity index (χ0v) is 15.1. The molecule has 0 spiro atoms. The maximum absolute atomic E-state index is 6.11. The fourth-order valence-corrected chi connectivity index (χ4v) is 2.47. The van der Waals surface area contributed by atoms with Crippen LogP contribution in [0.5, 0.6) is 5.75 Å². The number of nitrogens with zero attached hydrogens (tertiary/aromatic N) is 2. The maximum atomic E-state index is 6.11. The van der Waals surface area contributed by atoms with Crippen molar-refractivity contribution in [2.24, 2.45) is 10.7 Å². The normalized spacial score (nSPS) is 16.0. The fraction of sp³-hybridized carbons (Fsp3) is 0.562. The third-order valence-electron chi connectivity index (χ3n) is 3.56. The molecule has 0 amide bonds. The second-order valence-corrected chi connectivity index (χ2v) is 5.16. The third-order valence-corrected chi connectivity index (χ3v) is 3.56. The number of hydrogen-bond acceptors (Lipinski definition) is 2. The van der Waals surface area contributed by atoms with E-state index in [9.17, 15) is 0 Å². The van der Waals surface area contributed by atoms with Crippen molar-refractivity contribution in [3.05, 3.63) is 29.8 Å². The van der Waals surface area contributed by atoms with Gasteiger partial charge >= 0.3 is 0 Å². The highest BCUT2D eigenvalue weighted by atomic mass is 127. The minimum atomic E-state index is 0. The van der Waals surface area contributed by atoms with Crippen LogP contribution < -0.4 is 10.5 Å². The van der Waals surface area contributed by atoms with Crippen molar-refractivity contribution in [2.45, 2.75) is 39.2 Å². The van der Waals surface area contributed by atoms with Gasteiger partial charge in [0.15, 0.2) is 5.96 Å². The Morgan fingerprint density at radius 1 is 1.24 bits per heavy atom. The van der Waals surface area contributed by atoms with Crippen molar-refractivity contribution < 1.29 is 4.74 Å². The Balaban J connectivity index is 0.00000220. The van der Waals surface area contributed by atoms with Crippen molar-refractivity contribution in [3.8, 4) is 5.75 Å². The lowest BCUT2D eigenvalue weighted by Gasteiger charge is -2.21. The molecule has 5 heteroatoms. The molecular weight excluding hydrogens is 377 g/mol. The second-order valence-electron chi connectivity index (χ2n) is 5.16. The van der Waals surface area contributed by atoms with Gasteiger partial charge in [0.05, 0.1) is 13.2 Å². The molecule has 1 aromatic carbocycles. The molecule has 2 rings (SSSR count). The molecule has 0 atom stereocenters. The average molecular weight is 403 g/mol. The smallest absolute Gasteiger partial charge is 0.191 e. The largest absolute Gasteiger partial charge is 0.494 e. The van der Waals surface area contributed by atoms with Crippen molar-refractivity contribution in [3.63, 3.8) is 0 Å². The molecule has 0 aromatic heterocycles. The zero-order chi connectivity index (χ0) is 14.2. The van der Waals surface area contributed by atoms with E-state index in [1.165, 1.54) is 25.7 Å². The summed E-state index contributed by atoms with van der Waals surface area (Å²) in [6.45, 7) is 5.36. The number of likely N-dealkylation sites (tertiary alicyclic amines) is 1. The molecule has 0 saturated carbocycles. The van der Waals surface area contributed by atoms with Crippen LogP contribution in [-0.4, -0.2) is 30.6 Å². The number of halogens is 1. The number of aliphatic imine (C=N–C) groups is 1. The van der Waals surface area contributed by atoms with E-state index in [0.717, 1.165) is 24.4 Å². The van der Waals surface area contributed by atoms with E-state index in [1.807, 2.05) is 25.1 Å². The Kier molecular flexibility index (Phi) is 8.49. The lowest BCUT2D eigenvalue weighted by atomic mass is 10.2. The lowest BCUT2D eigenvalue weighted by Crippen LogP contribution is -2.38. The lowest BCUT2D eigenvalue weighted by molar-refractivity contribution is 0.340. The summed E-state index contributed by atoms with van der Waals surface area (Å²) in [5.41, 5.74) is 7.24. The summed E-state index contributed by atoms with van der Waals surface area (Å²) in [4.78, 5) is 6.73. The minimum absolute atomic E-state index is 0. The Morgan fingerprint density at radius 2 is 1.95 bits per heavy atom. The SMILES string of the molecule is CCOc1cccc(CN=C(N)N2CCCCCC2)c1.I. The molecule has 0 bridgehead atoms. The Bertz CT molecular complexity index is 443. The van der Waals surface area contributed by atoms with E-state index >= 15 is 0 Å². The van der Waals surface area contributed by atoms with Crippen molar-refractivity contribution in [1.82, 2.24) is 4.90 Å². The second kappa shape index (κ2) is 9.87. The standard InChI is InChI=1S/C16H25N3O.HI/c1-2-20-15-9-7-8-14(12-15)13-18-16(17)19-10-5-3-4-6-11-19;/h7-9,12H,2-6,10-11,13H2,1H3,(H2,17,18);1H. The summed E-state index contributed by atoms with van der Waals surface area (Å²) in [5, 5.41) is 0. The molecule has 1 saturated heterocycles.